The number of piperidine rings is 1. The van der Waals surface area contributed by atoms with E-state index in [-0.39, 0.29) is 24.4 Å². The number of fused-ring (bicyclic) bond motifs is 1. The van der Waals surface area contributed by atoms with Crippen molar-refractivity contribution >= 4 is 35.2 Å². The molecule has 1 unspecified atom stereocenters. The number of carbonyl (C=O) groups excluding carboxylic acids is 4. The summed E-state index contributed by atoms with van der Waals surface area (Å²) in [5.41, 5.74) is 0.652. The molecule has 8 heteroatoms. The van der Waals surface area contributed by atoms with Crippen molar-refractivity contribution in [1.82, 2.24) is 15.1 Å². The molecule has 1 N–H and O–H groups in total. The Balaban J connectivity index is 1.52. The van der Waals surface area contributed by atoms with Gasteiger partial charge in [0.15, 0.2) is 0 Å². The van der Waals surface area contributed by atoms with E-state index < -0.39 is 17.2 Å². The second kappa shape index (κ2) is 7.45. The predicted molar refractivity (Wildman–Crippen MR) is 94.9 cm³/mol. The van der Waals surface area contributed by atoms with Gasteiger partial charge in [-0.15, -0.1) is 11.6 Å². The van der Waals surface area contributed by atoms with Gasteiger partial charge in [0.25, 0.3) is 11.8 Å². The quantitative estimate of drug-likeness (QED) is 0.627. The van der Waals surface area contributed by atoms with Crippen LogP contribution in [0.3, 0.4) is 0 Å². The van der Waals surface area contributed by atoms with Crippen LogP contribution in [0.5, 0.6) is 0 Å². The lowest BCUT2D eigenvalue weighted by molar-refractivity contribution is -0.131. The zero-order valence-corrected chi connectivity index (χ0v) is 15.2. The molecule has 1 saturated heterocycles. The Morgan fingerprint density at radius 3 is 2.19 bits per heavy atom. The first-order valence-electron chi connectivity index (χ1n) is 8.56. The van der Waals surface area contributed by atoms with E-state index in [1.54, 1.807) is 36.1 Å². The van der Waals surface area contributed by atoms with Gasteiger partial charge in [0, 0.05) is 19.1 Å². The van der Waals surface area contributed by atoms with E-state index in [0.29, 0.717) is 37.1 Å². The summed E-state index contributed by atoms with van der Waals surface area (Å²) in [5.74, 6) is -1.38. The van der Waals surface area contributed by atoms with Crippen molar-refractivity contribution in [2.75, 3.05) is 19.6 Å². The summed E-state index contributed by atoms with van der Waals surface area (Å²) in [4.78, 5) is 51.4. The molecule has 0 bridgehead atoms. The van der Waals surface area contributed by atoms with Gasteiger partial charge in [-0.3, -0.25) is 24.1 Å². The third kappa shape index (κ3) is 3.58. The van der Waals surface area contributed by atoms with E-state index in [1.165, 1.54) is 0 Å². The maximum absolute atomic E-state index is 12.3. The molecule has 2 heterocycles. The fraction of sp³-hybridized carbons (Fsp3) is 0.444. The third-order valence-corrected chi connectivity index (χ3v) is 4.88. The minimum Gasteiger partial charge on any atom is -0.352 e. The van der Waals surface area contributed by atoms with Crippen molar-refractivity contribution in [3.63, 3.8) is 0 Å². The van der Waals surface area contributed by atoms with Crippen molar-refractivity contribution in [2.45, 2.75) is 31.2 Å². The molecule has 1 atom stereocenters. The van der Waals surface area contributed by atoms with Crippen LogP contribution in [-0.2, 0) is 9.59 Å². The average molecular weight is 378 g/mol. The van der Waals surface area contributed by atoms with Gasteiger partial charge in [-0.1, -0.05) is 12.1 Å². The molecule has 3 rings (SSSR count). The lowest BCUT2D eigenvalue weighted by Gasteiger charge is -2.33. The number of nitrogens with zero attached hydrogens (tertiary/aromatic N) is 2. The highest BCUT2D eigenvalue weighted by Gasteiger charge is 2.36. The van der Waals surface area contributed by atoms with Gasteiger partial charge in [-0.2, -0.15) is 0 Å². The van der Waals surface area contributed by atoms with Crippen molar-refractivity contribution in [1.29, 1.82) is 0 Å². The van der Waals surface area contributed by atoms with Crippen LogP contribution in [0.15, 0.2) is 24.3 Å². The standard InChI is InChI=1S/C18H20ClN3O4/c1-11(19)16(24)21-8-6-12(7-9-21)20-15(23)10-22-17(25)13-4-2-3-5-14(13)18(22)26/h2-5,11-12H,6-10H2,1H3,(H,20,23). The Hall–Kier alpha value is -2.41. The Morgan fingerprint density at radius 2 is 1.69 bits per heavy atom. The molecule has 2 aliphatic rings. The largest absolute Gasteiger partial charge is 0.352 e. The number of halogens is 1. The molecule has 138 valence electrons. The first-order chi connectivity index (χ1) is 12.4. The maximum atomic E-state index is 12.3. The van der Waals surface area contributed by atoms with Crippen LogP contribution in [0, 0.1) is 0 Å². The van der Waals surface area contributed by atoms with Gasteiger partial charge >= 0.3 is 0 Å². The Labute approximate surface area is 156 Å². The van der Waals surface area contributed by atoms with E-state index in [2.05, 4.69) is 5.32 Å². The van der Waals surface area contributed by atoms with Gasteiger partial charge in [0.05, 0.1) is 11.1 Å². The number of hydrogen-bond donors (Lipinski definition) is 1. The molecule has 0 aromatic heterocycles. The number of alkyl halides is 1. The van der Waals surface area contributed by atoms with E-state index in [4.69, 9.17) is 11.6 Å². The second-order valence-corrected chi connectivity index (χ2v) is 7.18. The smallest absolute Gasteiger partial charge is 0.262 e. The highest BCUT2D eigenvalue weighted by molar-refractivity contribution is 6.30. The van der Waals surface area contributed by atoms with Crippen LogP contribution in [0.1, 0.15) is 40.5 Å². The molecule has 1 fully saturated rings. The highest BCUT2D eigenvalue weighted by atomic mass is 35.5. The first kappa shape index (κ1) is 18.4. The summed E-state index contributed by atoms with van der Waals surface area (Å²) in [6, 6.07) is 6.44. The Bertz CT molecular complexity index is 722. The van der Waals surface area contributed by atoms with Crippen molar-refractivity contribution in [3.05, 3.63) is 35.4 Å². The van der Waals surface area contributed by atoms with Crippen LogP contribution in [0.2, 0.25) is 0 Å². The van der Waals surface area contributed by atoms with Crippen LogP contribution in [0.4, 0.5) is 0 Å². The molecule has 7 nitrogen and oxygen atoms in total. The lowest BCUT2D eigenvalue weighted by Crippen LogP contribution is -2.50. The lowest BCUT2D eigenvalue weighted by atomic mass is 10.0. The molecule has 2 aliphatic heterocycles. The highest BCUT2D eigenvalue weighted by Crippen LogP contribution is 2.22. The zero-order chi connectivity index (χ0) is 18.8. The van der Waals surface area contributed by atoms with Gasteiger partial charge in [0.2, 0.25) is 11.8 Å². The van der Waals surface area contributed by atoms with Crippen molar-refractivity contribution < 1.29 is 19.2 Å². The van der Waals surface area contributed by atoms with E-state index in [1.807, 2.05) is 0 Å². The Kier molecular flexibility index (Phi) is 5.27. The molecule has 0 saturated carbocycles. The van der Waals surface area contributed by atoms with Crippen LogP contribution >= 0.6 is 11.6 Å². The molecular weight excluding hydrogens is 358 g/mol. The fourth-order valence-electron chi connectivity index (χ4n) is 3.30. The van der Waals surface area contributed by atoms with Gasteiger partial charge in [-0.05, 0) is 31.9 Å². The van der Waals surface area contributed by atoms with Crippen LogP contribution < -0.4 is 5.32 Å². The summed E-state index contributed by atoms with van der Waals surface area (Å²) in [5, 5.41) is 2.29. The third-order valence-electron chi connectivity index (χ3n) is 4.69. The molecule has 0 aliphatic carbocycles. The molecule has 0 radical (unpaired) electrons. The summed E-state index contributed by atoms with van der Waals surface area (Å²) >= 11 is 5.81. The van der Waals surface area contributed by atoms with E-state index in [0.717, 1.165) is 4.90 Å². The second-order valence-electron chi connectivity index (χ2n) is 6.53. The molecule has 26 heavy (non-hydrogen) atoms. The van der Waals surface area contributed by atoms with E-state index >= 15 is 0 Å². The summed E-state index contributed by atoms with van der Waals surface area (Å²) in [7, 11) is 0. The SMILES string of the molecule is CC(Cl)C(=O)N1CCC(NC(=O)CN2C(=O)c3ccccc3C2=O)CC1. The number of benzene rings is 1. The van der Waals surface area contributed by atoms with Crippen LogP contribution in [-0.4, -0.2) is 64.5 Å². The van der Waals surface area contributed by atoms with E-state index in [9.17, 15) is 19.2 Å². The summed E-state index contributed by atoms with van der Waals surface area (Å²) < 4.78 is 0. The number of carbonyl (C=O) groups is 4. The summed E-state index contributed by atoms with van der Waals surface area (Å²) in [6.45, 7) is 2.38. The average Bonchev–Trinajstić information content (AvgIpc) is 2.87. The predicted octanol–water partition coefficient (Wildman–Crippen LogP) is 1.02. The number of hydrogen-bond acceptors (Lipinski definition) is 4. The molecule has 0 spiro atoms. The number of nitrogens with one attached hydrogen (secondary N) is 1. The monoisotopic (exact) mass is 377 g/mol. The van der Waals surface area contributed by atoms with Crippen molar-refractivity contribution in [3.8, 4) is 0 Å². The molecule has 1 aromatic rings. The molecular formula is C18H20ClN3O4. The molecule has 1 aromatic carbocycles. The van der Waals surface area contributed by atoms with Gasteiger partial charge in [-0.25, -0.2) is 0 Å². The topological polar surface area (TPSA) is 86.8 Å². The number of amides is 4. The van der Waals surface area contributed by atoms with Crippen LogP contribution in [0.25, 0.3) is 0 Å². The minimum atomic E-state index is -0.560. The first-order valence-corrected chi connectivity index (χ1v) is 8.99. The number of rotatable bonds is 4. The van der Waals surface area contributed by atoms with Gasteiger partial charge < -0.3 is 10.2 Å². The number of likely N-dealkylation sites (tertiary alicyclic amines) is 1. The maximum Gasteiger partial charge on any atom is 0.262 e. The van der Waals surface area contributed by atoms with Crippen molar-refractivity contribution in [2.24, 2.45) is 0 Å². The minimum absolute atomic E-state index is 0.0904. The Morgan fingerprint density at radius 1 is 1.15 bits per heavy atom. The summed E-state index contributed by atoms with van der Waals surface area (Å²) in [6.07, 6.45) is 1.23. The molecule has 4 amide bonds. The zero-order valence-electron chi connectivity index (χ0n) is 14.4. The number of imide groups is 1. The van der Waals surface area contributed by atoms with Gasteiger partial charge in [0.1, 0.15) is 11.9 Å². The normalized spacial score (nSPS) is 18.7. The fourth-order valence-corrected chi connectivity index (χ4v) is 3.43.